The lowest BCUT2D eigenvalue weighted by molar-refractivity contribution is -0.0410. The number of hydrogen-bond acceptors (Lipinski definition) is 3. The van der Waals surface area contributed by atoms with Crippen LogP contribution in [0.3, 0.4) is 0 Å². The molecule has 0 N–H and O–H groups in total. The van der Waals surface area contributed by atoms with Gasteiger partial charge in [-0.2, -0.15) is 0 Å². The van der Waals surface area contributed by atoms with Crippen molar-refractivity contribution in [1.29, 1.82) is 0 Å². The van der Waals surface area contributed by atoms with E-state index in [1.165, 1.54) is 13.3 Å². The molecule has 6 heteroatoms. The molecule has 1 aliphatic rings. The predicted octanol–water partition coefficient (Wildman–Crippen LogP) is 3.98. The minimum Gasteiger partial charge on any atom is -0.493 e. The van der Waals surface area contributed by atoms with Crippen molar-refractivity contribution in [2.75, 3.05) is 7.11 Å². The molecule has 3 nitrogen and oxygen atoms in total. The Hall–Kier alpha value is -1.23. The maximum atomic E-state index is 13.0. The smallest absolute Gasteiger partial charge is 0.248 e. The van der Waals surface area contributed by atoms with Gasteiger partial charge in [0.05, 0.1) is 13.3 Å². The van der Waals surface area contributed by atoms with Crippen LogP contribution in [0.25, 0.3) is 6.08 Å². The molecule has 0 saturated heterocycles. The fourth-order valence-corrected chi connectivity index (χ4v) is 2.26. The summed E-state index contributed by atoms with van der Waals surface area (Å²) in [5, 5.41) is 0.135. The van der Waals surface area contributed by atoms with Crippen LogP contribution in [0.15, 0.2) is 12.3 Å². The zero-order chi connectivity index (χ0) is 13.9. The Balaban J connectivity index is 2.05. The van der Waals surface area contributed by atoms with Gasteiger partial charge in [0.2, 0.25) is 11.2 Å². The van der Waals surface area contributed by atoms with Crippen molar-refractivity contribution in [3.05, 3.63) is 23.3 Å². The second kappa shape index (κ2) is 5.82. The average Bonchev–Trinajstić information content (AvgIpc) is 2.38. The second-order valence-electron chi connectivity index (χ2n) is 4.65. The van der Waals surface area contributed by atoms with Gasteiger partial charge in [0.1, 0.15) is 5.69 Å². The Morgan fingerprint density at radius 2 is 2.11 bits per heavy atom. The molecule has 0 bridgehead atoms. The quantitative estimate of drug-likeness (QED) is 0.789. The monoisotopic (exact) mass is 288 g/mol. The van der Waals surface area contributed by atoms with Crippen LogP contribution in [0.1, 0.15) is 31.4 Å². The summed E-state index contributed by atoms with van der Waals surface area (Å²) < 4.78 is 31.2. The van der Waals surface area contributed by atoms with Crippen LogP contribution in [0.2, 0.25) is 5.28 Å². The van der Waals surface area contributed by atoms with Gasteiger partial charge in [-0.15, -0.1) is 0 Å². The van der Waals surface area contributed by atoms with Gasteiger partial charge in [-0.1, -0.05) is 6.08 Å². The fourth-order valence-electron chi connectivity index (χ4n) is 2.12. The summed E-state index contributed by atoms with van der Waals surface area (Å²) in [6.07, 6.45) is 6.03. The first-order valence-electron chi connectivity index (χ1n) is 6.13. The van der Waals surface area contributed by atoms with E-state index in [9.17, 15) is 8.78 Å². The number of aromatic nitrogens is 2. The highest BCUT2D eigenvalue weighted by molar-refractivity contribution is 6.28. The minimum absolute atomic E-state index is 0.0519. The lowest BCUT2D eigenvalue weighted by Gasteiger charge is -2.26. The van der Waals surface area contributed by atoms with Crippen molar-refractivity contribution >= 4 is 17.7 Å². The molecular formula is C13H15ClF2N2O. The van der Waals surface area contributed by atoms with Gasteiger partial charge >= 0.3 is 0 Å². The van der Waals surface area contributed by atoms with Gasteiger partial charge in [-0.25, -0.2) is 18.7 Å². The maximum Gasteiger partial charge on any atom is 0.248 e. The van der Waals surface area contributed by atoms with E-state index in [2.05, 4.69) is 9.97 Å². The van der Waals surface area contributed by atoms with Crippen molar-refractivity contribution in [3.63, 3.8) is 0 Å². The summed E-state index contributed by atoms with van der Waals surface area (Å²) in [4.78, 5) is 7.87. The highest BCUT2D eigenvalue weighted by atomic mass is 35.5. The third kappa shape index (κ3) is 3.86. The number of alkyl halides is 2. The standard InChI is InChI=1S/C13H15ClF2N2O/c1-19-11-8-17-12(14)18-10(11)3-2-9-4-6-13(15,16)7-5-9/h2-3,8-9H,4-7H2,1H3/b3-2+. The van der Waals surface area contributed by atoms with Crippen LogP contribution in [-0.2, 0) is 0 Å². The Bertz CT molecular complexity index is 470. The summed E-state index contributed by atoms with van der Waals surface area (Å²) in [7, 11) is 1.52. The summed E-state index contributed by atoms with van der Waals surface area (Å²) >= 11 is 5.72. The van der Waals surface area contributed by atoms with Gasteiger partial charge in [0, 0.05) is 12.8 Å². The summed E-state index contributed by atoms with van der Waals surface area (Å²) in [5.74, 6) is -1.83. The lowest BCUT2D eigenvalue weighted by Crippen LogP contribution is -2.23. The maximum absolute atomic E-state index is 13.0. The van der Waals surface area contributed by atoms with E-state index in [1.807, 2.05) is 6.08 Å². The van der Waals surface area contributed by atoms with Crippen LogP contribution in [-0.4, -0.2) is 23.0 Å². The normalized spacial score (nSPS) is 19.8. The number of hydrogen-bond donors (Lipinski definition) is 0. The molecule has 1 aromatic rings. The third-order valence-corrected chi connectivity index (χ3v) is 3.44. The first-order chi connectivity index (χ1) is 9.00. The molecule has 104 valence electrons. The zero-order valence-corrected chi connectivity index (χ0v) is 11.3. The number of nitrogens with zero attached hydrogens (tertiary/aromatic N) is 2. The van der Waals surface area contributed by atoms with Crippen molar-refractivity contribution < 1.29 is 13.5 Å². The first kappa shape index (κ1) is 14.2. The highest BCUT2D eigenvalue weighted by Gasteiger charge is 2.33. The number of ether oxygens (including phenoxy) is 1. The second-order valence-corrected chi connectivity index (χ2v) is 4.98. The van der Waals surface area contributed by atoms with Crippen LogP contribution in [0, 0.1) is 5.92 Å². The Morgan fingerprint density at radius 1 is 1.42 bits per heavy atom. The molecular weight excluding hydrogens is 274 g/mol. The summed E-state index contributed by atoms with van der Waals surface area (Å²) in [6, 6.07) is 0. The van der Waals surface area contributed by atoms with E-state index < -0.39 is 5.92 Å². The number of allylic oxidation sites excluding steroid dienone is 1. The van der Waals surface area contributed by atoms with Gasteiger partial charge in [-0.05, 0) is 36.4 Å². The molecule has 0 aromatic carbocycles. The number of methoxy groups -OCH3 is 1. The van der Waals surface area contributed by atoms with Gasteiger partial charge in [0.25, 0.3) is 0 Å². The van der Waals surface area contributed by atoms with E-state index in [1.54, 1.807) is 6.08 Å². The molecule has 0 atom stereocenters. The van der Waals surface area contributed by atoms with Gasteiger partial charge < -0.3 is 4.74 Å². The first-order valence-corrected chi connectivity index (χ1v) is 6.50. The molecule has 0 amide bonds. The van der Waals surface area contributed by atoms with E-state index >= 15 is 0 Å². The largest absolute Gasteiger partial charge is 0.493 e. The molecule has 1 saturated carbocycles. The van der Waals surface area contributed by atoms with Crippen molar-refractivity contribution in [2.45, 2.75) is 31.6 Å². The van der Waals surface area contributed by atoms with E-state index in [0.717, 1.165) is 0 Å². The van der Waals surface area contributed by atoms with Crippen LogP contribution >= 0.6 is 11.6 Å². The Labute approximate surface area is 115 Å². The predicted molar refractivity (Wildman–Crippen MR) is 69.5 cm³/mol. The van der Waals surface area contributed by atoms with E-state index in [-0.39, 0.29) is 24.0 Å². The molecule has 19 heavy (non-hydrogen) atoms. The molecule has 2 rings (SSSR count). The topological polar surface area (TPSA) is 35.0 Å². The van der Waals surface area contributed by atoms with Gasteiger partial charge in [0.15, 0.2) is 5.75 Å². The minimum atomic E-state index is -2.50. The molecule has 0 aliphatic heterocycles. The summed E-state index contributed by atoms with van der Waals surface area (Å²) in [5.41, 5.74) is 0.569. The zero-order valence-electron chi connectivity index (χ0n) is 10.6. The SMILES string of the molecule is COc1cnc(Cl)nc1/C=C/C1CCC(F)(F)CC1. The third-order valence-electron chi connectivity index (χ3n) is 3.26. The van der Waals surface area contributed by atoms with Crippen molar-refractivity contribution in [2.24, 2.45) is 5.92 Å². The average molecular weight is 289 g/mol. The molecule has 0 radical (unpaired) electrons. The fraction of sp³-hybridized carbons (Fsp3) is 0.538. The Kier molecular flexibility index (Phi) is 4.34. The molecule has 0 spiro atoms. The molecule has 1 fully saturated rings. The number of rotatable bonds is 3. The van der Waals surface area contributed by atoms with Crippen molar-refractivity contribution in [3.8, 4) is 5.75 Å². The Morgan fingerprint density at radius 3 is 2.74 bits per heavy atom. The van der Waals surface area contributed by atoms with E-state index in [0.29, 0.717) is 24.3 Å². The van der Waals surface area contributed by atoms with Crippen LogP contribution in [0.4, 0.5) is 8.78 Å². The molecule has 1 aliphatic carbocycles. The number of halogens is 3. The van der Waals surface area contributed by atoms with Crippen LogP contribution < -0.4 is 4.74 Å². The summed E-state index contributed by atoms with van der Waals surface area (Å²) in [6.45, 7) is 0. The highest BCUT2D eigenvalue weighted by Crippen LogP contribution is 2.37. The van der Waals surface area contributed by atoms with Crippen LogP contribution in [0.5, 0.6) is 5.75 Å². The molecule has 1 heterocycles. The molecule has 1 aromatic heterocycles. The van der Waals surface area contributed by atoms with Gasteiger partial charge in [-0.3, -0.25) is 0 Å². The van der Waals surface area contributed by atoms with E-state index in [4.69, 9.17) is 16.3 Å². The van der Waals surface area contributed by atoms with Crippen molar-refractivity contribution in [1.82, 2.24) is 9.97 Å². The molecule has 0 unspecified atom stereocenters. The lowest BCUT2D eigenvalue weighted by atomic mass is 9.86.